The highest BCUT2D eigenvalue weighted by Crippen LogP contribution is 2.16. The number of anilines is 1. The zero-order chi connectivity index (χ0) is 15.1. The predicted molar refractivity (Wildman–Crippen MR) is 85.4 cm³/mol. The fraction of sp³-hybridized carbons (Fsp3) is 0.562. The SMILES string of the molecule is CNc1ccc(C)cc1C(=O)NCCCN(C)C(C)C. The molecule has 0 aliphatic heterocycles. The molecule has 112 valence electrons. The van der Waals surface area contributed by atoms with Gasteiger partial charge in [0.25, 0.3) is 5.91 Å². The van der Waals surface area contributed by atoms with Gasteiger partial charge in [-0.3, -0.25) is 4.79 Å². The molecule has 0 atom stereocenters. The van der Waals surface area contributed by atoms with Gasteiger partial charge in [-0.1, -0.05) is 11.6 Å². The van der Waals surface area contributed by atoms with Crippen LogP contribution < -0.4 is 10.6 Å². The lowest BCUT2D eigenvalue weighted by atomic mass is 10.1. The van der Waals surface area contributed by atoms with Crippen molar-refractivity contribution in [2.24, 2.45) is 0 Å². The molecular formula is C16H27N3O. The van der Waals surface area contributed by atoms with Gasteiger partial charge in [0.05, 0.1) is 5.56 Å². The van der Waals surface area contributed by atoms with Gasteiger partial charge in [-0.2, -0.15) is 0 Å². The maximum Gasteiger partial charge on any atom is 0.253 e. The first-order chi connectivity index (χ1) is 9.45. The van der Waals surface area contributed by atoms with Gasteiger partial charge in [-0.25, -0.2) is 0 Å². The highest BCUT2D eigenvalue weighted by molar-refractivity contribution is 5.99. The minimum Gasteiger partial charge on any atom is -0.387 e. The van der Waals surface area contributed by atoms with Crippen molar-refractivity contribution in [1.82, 2.24) is 10.2 Å². The van der Waals surface area contributed by atoms with Crippen molar-refractivity contribution in [2.45, 2.75) is 33.2 Å². The monoisotopic (exact) mass is 277 g/mol. The molecule has 1 aromatic rings. The van der Waals surface area contributed by atoms with E-state index < -0.39 is 0 Å². The van der Waals surface area contributed by atoms with Crippen LogP contribution in [0.1, 0.15) is 36.2 Å². The maximum atomic E-state index is 12.2. The van der Waals surface area contributed by atoms with Crippen molar-refractivity contribution in [2.75, 3.05) is 32.5 Å². The van der Waals surface area contributed by atoms with E-state index >= 15 is 0 Å². The molecule has 4 nitrogen and oxygen atoms in total. The highest BCUT2D eigenvalue weighted by atomic mass is 16.1. The molecule has 20 heavy (non-hydrogen) atoms. The Kier molecular flexibility index (Phi) is 6.52. The van der Waals surface area contributed by atoms with E-state index in [-0.39, 0.29) is 5.91 Å². The number of hydrogen-bond donors (Lipinski definition) is 2. The maximum absolute atomic E-state index is 12.2. The van der Waals surface area contributed by atoms with Gasteiger partial charge in [-0.15, -0.1) is 0 Å². The third kappa shape index (κ3) is 4.85. The topological polar surface area (TPSA) is 44.4 Å². The van der Waals surface area contributed by atoms with E-state index in [9.17, 15) is 4.79 Å². The van der Waals surface area contributed by atoms with Crippen molar-refractivity contribution in [3.8, 4) is 0 Å². The Morgan fingerprint density at radius 1 is 1.35 bits per heavy atom. The summed E-state index contributed by atoms with van der Waals surface area (Å²) in [6.45, 7) is 8.03. The fourth-order valence-electron chi connectivity index (χ4n) is 1.95. The van der Waals surface area contributed by atoms with E-state index in [0.717, 1.165) is 24.2 Å². The summed E-state index contributed by atoms with van der Waals surface area (Å²) in [5.41, 5.74) is 2.67. The van der Waals surface area contributed by atoms with E-state index in [1.807, 2.05) is 32.2 Å². The van der Waals surface area contributed by atoms with Gasteiger partial charge < -0.3 is 15.5 Å². The van der Waals surface area contributed by atoms with Crippen molar-refractivity contribution in [3.05, 3.63) is 29.3 Å². The van der Waals surface area contributed by atoms with E-state index in [0.29, 0.717) is 18.2 Å². The summed E-state index contributed by atoms with van der Waals surface area (Å²) in [7, 11) is 3.94. The fourth-order valence-corrected chi connectivity index (χ4v) is 1.95. The third-order valence-corrected chi connectivity index (χ3v) is 3.54. The summed E-state index contributed by atoms with van der Waals surface area (Å²) in [5.74, 6) is -0.00903. The van der Waals surface area contributed by atoms with Crippen molar-refractivity contribution in [1.29, 1.82) is 0 Å². The van der Waals surface area contributed by atoms with Crippen LogP contribution in [0.4, 0.5) is 5.69 Å². The predicted octanol–water partition coefficient (Wildman–Crippen LogP) is 2.50. The molecule has 0 aliphatic carbocycles. The molecule has 0 bridgehead atoms. The smallest absolute Gasteiger partial charge is 0.253 e. The minimum atomic E-state index is -0.00903. The molecule has 4 heteroatoms. The number of amides is 1. The van der Waals surface area contributed by atoms with Crippen molar-refractivity contribution >= 4 is 11.6 Å². The van der Waals surface area contributed by atoms with Crippen LogP contribution in [-0.2, 0) is 0 Å². The summed E-state index contributed by atoms with van der Waals surface area (Å²) >= 11 is 0. The van der Waals surface area contributed by atoms with Gasteiger partial charge >= 0.3 is 0 Å². The molecule has 0 aliphatic rings. The molecular weight excluding hydrogens is 250 g/mol. The van der Waals surface area contributed by atoms with E-state index in [4.69, 9.17) is 0 Å². The normalized spacial score (nSPS) is 10.9. The number of nitrogens with one attached hydrogen (secondary N) is 2. The van der Waals surface area contributed by atoms with Crippen LogP contribution in [-0.4, -0.2) is 44.0 Å². The molecule has 1 amide bonds. The number of rotatable bonds is 7. The lowest BCUT2D eigenvalue weighted by Crippen LogP contribution is -2.31. The molecule has 0 heterocycles. The van der Waals surface area contributed by atoms with E-state index in [1.54, 1.807) is 0 Å². The van der Waals surface area contributed by atoms with Crippen molar-refractivity contribution in [3.63, 3.8) is 0 Å². The van der Waals surface area contributed by atoms with E-state index in [2.05, 4.69) is 36.4 Å². The van der Waals surface area contributed by atoms with Crippen molar-refractivity contribution < 1.29 is 4.79 Å². The Bertz CT molecular complexity index is 443. The minimum absolute atomic E-state index is 0.00903. The van der Waals surface area contributed by atoms with Crippen LogP contribution in [0.2, 0.25) is 0 Å². The van der Waals surface area contributed by atoms with Gasteiger partial charge in [0, 0.05) is 25.3 Å². The standard InChI is InChI=1S/C16H27N3O/c1-12(2)19(5)10-6-9-18-16(20)14-11-13(3)7-8-15(14)17-4/h7-8,11-12,17H,6,9-10H2,1-5H3,(H,18,20). The number of nitrogens with zero attached hydrogens (tertiary/aromatic N) is 1. The molecule has 0 saturated heterocycles. The first kappa shape index (κ1) is 16.5. The Balaban J connectivity index is 2.49. The molecule has 0 spiro atoms. The Hall–Kier alpha value is -1.55. The number of benzene rings is 1. The second-order valence-corrected chi connectivity index (χ2v) is 5.48. The molecule has 0 aromatic heterocycles. The molecule has 1 aromatic carbocycles. The highest BCUT2D eigenvalue weighted by Gasteiger charge is 2.10. The quantitative estimate of drug-likeness (QED) is 0.753. The Morgan fingerprint density at radius 3 is 2.65 bits per heavy atom. The summed E-state index contributed by atoms with van der Waals surface area (Å²) in [6, 6.07) is 6.40. The Labute approximate surface area is 122 Å². The number of carbonyl (C=O) groups excluding carboxylic acids is 1. The summed E-state index contributed by atoms with van der Waals surface area (Å²) in [4.78, 5) is 14.5. The lowest BCUT2D eigenvalue weighted by Gasteiger charge is -2.20. The molecule has 0 saturated carbocycles. The van der Waals surface area contributed by atoms with Crippen LogP contribution in [0.15, 0.2) is 18.2 Å². The molecule has 2 N–H and O–H groups in total. The first-order valence-corrected chi connectivity index (χ1v) is 7.22. The lowest BCUT2D eigenvalue weighted by molar-refractivity contribution is 0.0952. The van der Waals surface area contributed by atoms with Crippen LogP contribution in [0.5, 0.6) is 0 Å². The van der Waals surface area contributed by atoms with Crippen LogP contribution in [0.25, 0.3) is 0 Å². The van der Waals surface area contributed by atoms with Crippen LogP contribution in [0, 0.1) is 6.92 Å². The largest absolute Gasteiger partial charge is 0.387 e. The third-order valence-electron chi connectivity index (χ3n) is 3.54. The molecule has 0 radical (unpaired) electrons. The van der Waals surface area contributed by atoms with E-state index in [1.165, 1.54) is 0 Å². The zero-order valence-corrected chi connectivity index (χ0v) is 13.3. The average molecular weight is 277 g/mol. The van der Waals surface area contributed by atoms with Gasteiger partial charge in [-0.05, 0) is 52.9 Å². The second-order valence-electron chi connectivity index (χ2n) is 5.48. The van der Waals surface area contributed by atoms with Gasteiger partial charge in [0.2, 0.25) is 0 Å². The van der Waals surface area contributed by atoms with Gasteiger partial charge in [0.1, 0.15) is 0 Å². The first-order valence-electron chi connectivity index (χ1n) is 7.22. The van der Waals surface area contributed by atoms with Crippen LogP contribution >= 0.6 is 0 Å². The van der Waals surface area contributed by atoms with Crippen LogP contribution in [0.3, 0.4) is 0 Å². The second kappa shape index (κ2) is 7.90. The Morgan fingerprint density at radius 2 is 2.05 bits per heavy atom. The number of hydrogen-bond acceptors (Lipinski definition) is 3. The average Bonchev–Trinajstić information content (AvgIpc) is 2.42. The summed E-state index contributed by atoms with van der Waals surface area (Å²) < 4.78 is 0. The summed E-state index contributed by atoms with van der Waals surface area (Å²) in [5, 5.41) is 6.05. The summed E-state index contributed by atoms with van der Waals surface area (Å²) in [6.07, 6.45) is 0.959. The zero-order valence-electron chi connectivity index (χ0n) is 13.3. The molecule has 0 fully saturated rings. The molecule has 1 rings (SSSR count). The molecule has 0 unspecified atom stereocenters. The number of carbonyl (C=O) groups is 1. The van der Waals surface area contributed by atoms with Gasteiger partial charge in [0.15, 0.2) is 0 Å². The number of aryl methyl sites for hydroxylation is 1.